The molecular weight excluding hydrogens is 889 g/mol. The van der Waals surface area contributed by atoms with E-state index >= 15 is 0 Å². The van der Waals surface area contributed by atoms with E-state index in [0.29, 0.717) is 19.3 Å². The largest absolute Gasteiger partial charge is 0.462 e. The minimum Gasteiger partial charge on any atom is -0.462 e. The second kappa shape index (κ2) is 60.4. The number of unbranched alkanes of at least 4 members (excludes halogenated alkanes) is 33. The normalized spacial score (nSPS) is 12.5. The molecule has 0 aliphatic carbocycles. The molecule has 0 bridgehead atoms. The van der Waals surface area contributed by atoms with Crippen LogP contribution in [0, 0.1) is 0 Å². The summed E-state index contributed by atoms with van der Waals surface area (Å²) in [6.45, 7) is 6.48. The highest BCUT2D eigenvalue weighted by atomic mass is 16.6. The summed E-state index contributed by atoms with van der Waals surface area (Å²) in [7, 11) is 0. The number of carbonyl (C=O) groups excluding carboxylic acids is 3. The molecule has 72 heavy (non-hydrogen) atoms. The Morgan fingerprint density at radius 1 is 0.292 bits per heavy atom. The summed E-state index contributed by atoms with van der Waals surface area (Å²) >= 11 is 0. The Kier molecular flexibility index (Phi) is 57.8. The molecule has 0 aromatic heterocycles. The van der Waals surface area contributed by atoms with Gasteiger partial charge in [0.05, 0.1) is 0 Å². The number of hydrogen-bond donors (Lipinski definition) is 0. The minimum atomic E-state index is -0.782. The van der Waals surface area contributed by atoms with Crippen LogP contribution < -0.4 is 0 Å². The van der Waals surface area contributed by atoms with Gasteiger partial charge in [-0.1, -0.05) is 273 Å². The van der Waals surface area contributed by atoms with Gasteiger partial charge >= 0.3 is 17.9 Å². The summed E-state index contributed by atoms with van der Waals surface area (Å²) in [5, 5.41) is 0. The third-order valence-electron chi connectivity index (χ3n) is 13.4. The van der Waals surface area contributed by atoms with Gasteiger partial charge in [0, 0.05) is 19.3 Å². The first-order chi connectivity index (χ1) is 35.5. The van der Waals surface area contributed by atoms with Gasteiger partial charge in [-0.15, -0.1) is 0 Å². The molecule has 0 spiro atoms. The summed E-state index contributed by atoms with van der Waals surface area (Å²) in [5.74, 6) is -0.900. The van der Waals surface area contributed by atoms with Crippen molar-refractivity contribution in [3.05, 3.63) is 72.9 Å². The molecule has 0 amide bonds. The SMILES string of the molecule is CC/C=C\C/C=C\C/C=C\C/C=C\C/C=C\CCCCCCCC(=O)OC(COC(=O)CCCCCCCC)COC(=O)CCCCCCCCCCCCCCCCC/C=C\CCCCCCCCCC. The van der Waals surface area contributed by atoms with Crippen molar-refractivity contribution in [3.8, 4) is 0 Å². The predicted octanol–water partition coefficient (Wildman–Crippen LogP) is 20.9. The molecule has 1 unspecified atom stereocenters. The van der Waals surface area contributed by atoms with E-state index in [1.54, 1.807) is 0 Å². The Morgan fingerprint density at radius 2 is 0.542 bits per heavy atom. The van der Waals surface area contributed by atoms with E-state index < -0.39 is 6.10 Å². The van der Waals surface area contributed by atoms with Crippen LogP contribution in [0.1, 0.15) is 310 Å². The van der Waals surface area contributed by atoms with E-state index in [4.69, 9.17) is 14.2 Å². The molecule has 0 saturated heterocycles. The molecule has 416 valence electrons. The van der Waals surface area contributed by atoms with Crippen LogP contribution in [0.2, 0.25) is 0 Å². The molecule has 0 fully saturated rings. The minimum absolute atomic E-state index is 0.0814. The van der Waals surface area contributed by atoms with E-state index in [2.05, 4.69) is 93.7 Å². The number of carbonyl (C=O) groups is 3. The summed E-state index contributed by atoms with van der Waals surface area (Å²) < 4.78 is 16.8. The Morgan fingerprint density at radius 3 is 0.861 bits per heavy atom. The maximum Gasteiger partial charge on any atom is 0.306 e. The second-order valence-electron chi connectivity index (χ2n) is 20.6. The Bertz CT molecular complexity index is 1340. The van der Waals surface area contributed by atoms with Crippen LogP contribution >= 0.6 is 0 Å². The number of rotatable bonds is 56. The quantitative estimate of drug-likeness (QED) is 0.0261. The van der Waals surface area contributed by atoms with Crippen LogP contribution in [0.3, 0.4) is 0 Å². The molecule has 0 N–H and O–H groups in total. The lowest BCUT2D eigenvalue weighted by molar-refractivity contribution is -0.167. The number of ether oxygens (including phenoxy) is 3. The molecule has 0 rings (SSSR count). The molecule has 0 aliphatic rings. The maximum absolute atomic E-state index is 12.8. The Balaban J connectivity index is 4.10. The lowest BCUT2D eigenvalue weighted by Crippen LogP contribution is -2.30. The van der Waals surface area contributed by atoms with Crippen molar-refractivity contribution >= 4 is 17.9 Å². The van der Waals surface area contributed by atoms with E-state index in [0.717, 1.165) is 109 Å². The maximum atomic E-state index is 12.8. The van der Waals surface area contributed by atoms with Gasteiger partial charge in [0.25, 0.3) is 0 Å². The van der Waals surface area contributed by atoms with Crippen molar-refractivity contribution in [1.82, 2.24) is 0 Å². The third-order valence-corrected chi connectivity index (χ3v) is 13.4. The second-order valence-corrected chi connectivity index (χ2v) is 20.6. The van der Waals surface area contributed by atoms with E-state index in [1.165, 1.54) is 161 Å². The standard InChI is InChI=1S/C66H116O6/c1-4-7-10-13-16-18-20-22-24-26-28-30-31-32-33-34-35-37-38-40-42-44-46-48-50-53-56-59-65(68)71-62-63(61-70-64(67)58-55-52-15-12-9-6-3)72-66(69)60-57-54-51-49-47-45-43-41-39-36-29-27-25-23-21-19-17-14-11-8-5-2/h8,11,17,19,23,25-26,28-29,36,41,43,63H,4-7,9-10,12-16,18,20-22,24,27,30-35,37-40,42,44-62H2,1-3H3/b11-8-,19-17-,25-23-,28-26-,36-29-,43-41-. The smallest absolute Gasteiger partial charge is 0.306 e. The molecule has 0 heterocycles. The van der Waals surface area contributed by atoms with E-state index in [-0.39, 0.29) is 31.1 Å². The van der Waals surface area contributed by atoms with Crippen LogP contribution in [0.4, 0.5) is 0 Å². The molecule has 0 aromatic rings. The summed E-state index contributed by atoms with van der Waals surface area (Å²) in [6.07, 6.45) is 78.0. The van der Waals surface area contributed by atoms with Gasteiger partial charge in [-0.05, 0) is 89.9 Å². The van der Waals surface area contributed by atoms with Crippen molar-refractivity contribution in [2.24, 2.45) is 0 Å². The van der Waals surface area contributed by atoms with Gasteiger partial charge in [0.2, 0.25) is 0 Å². The monoisotopic (exact) mass is 1000 g/mol. The fraction of sp³-hybridized carbons (Fsp3) is 0.773. The van der Waals surface area contributed by atoms with Crippen LogP contribution in [-0.2, 0) is 28.6 Å². The topological polar surface area (TPSA) is 78.9 Å². The van der Waals surface area contributed by atoms with Crippen LogP contribution in [0.25, 0.3) is 0 Å². The fourth-order valence-corrected chi connectivity index (χ4v) is 8.82. The van der Waals surface area contributed by atoms with Crippen LogP contribution in [-0.4, -0.2) is 37.2 Å². The first kappa shape index (κ1) is 68.8. The molecule has 0 radical (unpaired) electrons. The van der Waals surface area contributed by atoms with Gasteiger partial charge in [-0.2, -0.15) is 0 Å². The summed E-state index contributed by atoms with van der Waals surface area (Å²) in [5.41, 5.74) is 0. The zero-order valence-electron chi connectivity index (χ0n) is 47.7. The average Bonchev–Trinajstić information content (AvgIpc) is 3.38. The van der Waals surface area contributed by atoms with Crippen LogP contribution in [0.15, 0.2) is 72.9 Å². The Labute approximate surface area is 446 Å². The zero-order chi connectivity index (χ0) is 52.2. The lowest BCUT2D eigenvalue weighted by Gasteiger charge is -2.18. The molecule has 1 atom stereocenters. The third kappa shape index (κ3) is 57.7. The predicted molar refractivity (Wildman–Crippen MR) is 311 cm³/mol. The molecule has 6 nitrogen and oxygen atoms in total. The van der Waals surface area contributed by atoms with Crippen molar-refractivity contribution in [3.63, 3.8) is 0 Å². The zero-order valence-corrected chi connectivity index (χ0v) is 47.7. The molecular formula is C66H116O6. The first-order valence-electron chi connectivity index (χ1n) is 30.9. The molecule has 0 aliphatic heterocycles. The van der Waals surface area contributed by atoms with E-state index in [1.807, 2.05) is 0 Å². The van der Waals surface area contributed by atoms with Gasteiger partial charge in [-0.3, -0.25) is 14.4 Å². The molecule has 0 saturated carbocycles. The highest BCUT2D eigenvalue weighted by Gasteiger charge is 2.19. The van der Waals surface area contributed by atoms with Crippen molar-refractivity contribution in [1.29, 1.82) is 0 Å². The van der Waals surface area contributed by atoms with Gasteiger partial charge in [0.1, 0.15) is 13.2 Å². The molecule has 6 heteroatoms. The Hall–Kier alpha value is -3.15. The van der Waals surface area contributed by atoms with Crippen molar-refractivity contribution in [2.45, 2.75) is 316 Å². The average molecular weight is 1010 g/mol. The van der Waals surface area contributed by atoms with E-state index in [9.17, 15) is 14.4 Å². The number of allylic oxidation sites excluding steroid dienone is 12. The fourth-order valence-electron chi connectivity index (χ4n) is 8.82. The van der Waals surface area contributed by atoms with Crippen LogP contribution in [0.5, 0.6) is 0 Å². The van der Waals surface area contributed by atoms with Gasteiger partial charge in [-0.25, -0.2) is 0 Å². The molecule has 0 aromatic carbocycles. The summed E-state index contributed by atoms with van der Waals surface area (Å²) in [4.78, 5) is 38.0. The van der Waals surface area contributed by atoms with Crippen molar-refractivity contribution < 1.29 is 28.6 Å². The lowest BCUT2D eigenvalue weighted by atomic mass is 10.0. The summed E-state index contributed by atoms with van der Waals surface area (Å²) in [6, 6.07) is 0. The van der Waals surface area contributed by atoms with Crippen molar-refractivity contribution in [2.75, 3.05) is 13.2 Å². The first-order valence-corrected chi connectivity index (χ1v) is 30.9. The van der Waals surface area contributed by atoms with Gasteiger partial charge in [0.15, 0.2) is 6.10 Å². The number of esters is 3. The highest BCUT2D eigenvalue weighted by molar-refractivity contribution is 5.71. The highest BCUT2D eigenvalue weighted by Crippen LogP contribution is 2.16. The number of hydrogen-bond acceptors (Lipinski definition) is 6. The van der Waals surface area contributed by atoms with Gasteiger partial charge < -0.3 is 14.2 Å².